The number of nitrogens with one attached hydrogen (secondary N) is 1. The van der Waals surface area contributed by atoms with Gasteiger partial charge in [-0.2, -0.15) is 0 Å². The molecule has 3 aromatic rings. The number of sulfonamides is 1. The Labute approximate surface area is 182 Å². The second-order valence-corrected chi connectivity index (χ2v) is 9.89. The van der Waals surface area contributed by atoms with E-state index in [0.29, 0.717) is 27.5 Å². The normalized spacial score (nSPS) is 16.5. The van der Waals surface area contributed by atoms with Crippen LogP contribution < -0.4 is 9.46 Å². The fraction of sp³-hybridized carbons (Fsp3) is 0.304. The van der Waals surface area contributed by atoms with Gasteiger partial charge in [0, 0.05) is 27.4 Å². The van der Waals surface area contributed by atoms with Crippen molar-refractivity contribution in [2.75, 3.05) is 25.9 Å². The first kappa shape index (κ1) is 21.0. The maximum absolute atomic E-state index is 13.3. The number of rotatable bonds is 5. The smallest absolute Gasteiger partial charge is 0.262 e. The molecule has 4 rings (SSSR count). The lowest BCUT2D eigenvalue weighted by molar-refractivity contribution is 0.265. The molecule has 0 aromatic heterocycles. The van der Waals surface area contributed by atoms with Gasteiger partial charge in [-0.1, -0.05) is 35.9 Å². The molecule has 3 aromatic carbocycles. The number of likely N-dealkylation sites (N-methyl/N-ethyl adjacent to an activating group) is 1. The third kappa shape index (κ3) is 3.75. The number of fused-ring (bicyclic) bond motifs is 2. The van der Waals surface area contributed by atoms with Crippen molar-refractivity contribution >= 4 is 38.1 Å². The number of methoxy groups -OCH3 is 1. The van der Waals surface area contributed by atoms with E-state index in [1.54, 1.807) is 43.5 Å². The van der Waals surface area contributed by atoms with E-state index in [9.17, 15) is 8.42 Å². The lowest BCUT2D eigenvalue weighted by Crippen LogP contribution is -2.34. The van der Waals surface area contributed by atoms with Crippen LogP contribution in [0.5, 0.6) is 5.75 Å². The Kier molecular flexibility index (Phi) is 5.66. The van der Waals surface area contributed by atoms with Gasteiger partial charge in [-0.05, 0) is 63.2 Å². The summed E-state index contributed by atoms with van der Waals surface area (Å²) in [7, 11) is 1.99. The summed E-state index contributed by atoms with van der Waals surface area (Å²) in [4.78, 5) is 2.42. The van der Waals surface area contributed by atoms with Crippen LogP contribution in [-0.2, 0) is 22.9 Å². The minimum atomic E-state index is -3.80. The van der Waals surface area contributed by atoms with Crippen LogP contribution in [0.1, 0.15) is 17.5 Å². The van der Waals surface area contributed by atoms with Crippen molar-refractivity contribution in [2.24, 2.45) is 0 Å². The van der Waals surface area contributed by atoms with Gasteiger partial charge < -0.3 is 9.64 Å². The maximum atomic E-state index is 13.3. The number of anilines is 1. The van der Waals surface area contributed by atoms with Crippen molar-refractivity contribution in [3.8, 4) is 5.75 Å². The van der Waals surface area contributed by atoms with E-state index < -0.39 is 10.0 Å². The highest BCUT2D eigenvalue weighted by atomic mass is 35.5. The van der Waals surface area contributed by atoms with E-state index in [-0.39, 0.29) is 4.90 Å². The predicted molar refractivity (Wildman–Crippen MR) is 122 cm³/mol. The molecule has 0 aliphatic heterocycles. The van der Waals surface area contributed by atoms with Crippen LogP contribution in [0.3, 0.4) is 0 Å². The van der Waals surface area contributed by atoms with Crippen molar-refractivity contribution in [3.63, 3.8) is 0 Å². The average Bonchev–Trinajstić information content (AvgIpc) is 2.73. The quantitative estimate of drug-likeness (QED) is 0.618. The van der Waals surface area contributed by atoms with Crippen molar-refractivity contribution in [2.45, 2.75) is 30.2 Å². The molecule has 5 nitrogen and oxygen atoms in total. The van der Waals surface area contributed by atoms with E-state index in [2.05, 4.69) is 23.7 Å². The highest BCUT2D eigenvalue weighted by Gasteiger charge is 2.27. The summed E-state index contributed by atoms with van der Waals surface area (Å²) in [5.41, 5.74) is 2.69. The topological polar surface area (TPSA) is 58.6 Å². The minimum Gasteiger partial charge on any atom is -0.496 e. The van der Waals surface area contributed by atoms with Crippen molar-refractivity contribution in [1.29, 1.82) is 0 Å². The Morgan fingerprint density at radius 2 is 1.77 bits per heavy atom. The Balaban J connectivity index is 1.77. The third-order valence-corrected chi connectivity index (χ3v) is 7.62. The standard InChI is InChI=1S/C23H25ClN2O3S/c1-26(2)15-10-11-17-19(14-15)22(29-3)13-12-21(17)25-30(27,28)23-9-5-6-16-18(23)7-4-8-20(16)24/h4-9,12-13,15,25H,10-11,14H2,1-3H3/t15-/m0/s1. The summed E-state index contributed by atoms with van der Waals surface area (Å²) in [6, 6.07) is 14.5. The van der Waals surface area contributed by atoms with Crippen LogP contribution in [0.25, 0.3) is 10.8 Å². The van der Waals surface area contributed by atoms with Gasteiger partial charge in [0.2, 0.25) is 0 Å². The fourth-order valence-corrected chi connectivity index (χ4v) is 5.79. The number of hydrogen-bond acceptors (Lipinski definition) is 4. The lowest BCUT2D eigenvalue weighted by atomic mass is 9.86. The van der Waals surface area contributed by atoms with Gasteiger partial charge in [0.25, 0.3) is 10.0 Å². The number of nitrogens with zero attached hydrogens (tertiary/aromatic N) is 1. The van der Waals surface area contributed by atoms with Gasteiger partial charge in [-0.25, -0.2) is 8.42 Å². The molecular weight excluding hydrogens is 420 g/mol. The summed E-state index contributed by atoms with van der Waals surface area (Å²) in [5, 5.41) is 1.85. The fourth-order valence-electron chi connectivity index (χ4n) is 4.23. The first-order chi connectivity index (χ1) is 14.3. The molecule has 0 bridgehead atoms. The highest BCUT2D eigenvalue weighted by molar-refractivity contribution is 7.93. The van der Waals surface area contributed by atoms with Gasteiger partial charge >= 0.3 is 0 Å². The van der Waals surface area contributed by atoms with Crippen LogP contribution in [0, 0.1) is 0 Å². The van der Waals surface area contributed by atoms with Crippen LogP contribution >= 0.6 is 11.6 Å². The van der Waals surface area contributed by atoms with Crippen LogP contribution in [0.4, 0.5) is 5.69 Å². The molecule has 0 saturated heterocycles. The number of halogens is 1. The second-order valence-electron chi connectivity index (χ2n) is 7.83. The summed E-state index contributed by atoms with van der Waals surface area (Å²) in [6.07, 6.45) is 2.57. The average molecular weight is 445 g/mol. The van der Waals surface area contributed by atoms with Gasteiger partial charge in [0.15, 0.2) is 0 Å². The molecule has 158 valence electrons. The van der Waals surface area contributed by atoms with E-state index in [4.69, 9.17) is 16.3 Å². The molecule has 1 aliphatic carbocycles. The zero-order valence-electron chi connectivity index (χ0n) is 17.3. The number of hydrogen-bond donors (Lipinski definition) is 1. The molecule has 1 aliphatic rings. The Hall–Kier alpha value is -2.28. The molecule has 0 saturated carbocycles. The molecule has 0 heterocycles. The first-order valence-electron chi connectivity index (χ1n) is 9.87. The zero-order valence-corrected chi connectivity index (χ0v) is 18.8. The molecule has 0 fully saturated rings. The number of ether oxygens (including phenoxy) is 1. The third-order valence-electron chi connectivity index (χ3n) is 5.87. The van der Waals surface area contributed by atoms with E-state index in [1.165, 1.54) is 0 Å². The molecule has 0 amide bonds. The van der Waals surface area contributed by atoms with E-state index in [0.717, 1.165) is 36.1 Å². The Morgan fingerprint density at radius 1 is 1.03 bits per heavy atom. The minimum absolute atomic E-state index is 0.217. The maximum Gasteiger partial charge on any atom is 0.262 e. The Bertz CT molecular complexity index is 1210. The van der Waals surface area contributed by atoms with Gasteiger partial charge in [0.1, 0.15) is 5.75 Å². The van der Waals surface area contributed by atoms with Gasteiger partial charge in [-0.15, -0.1) is 0 Å². The molecule has 1 N–H and O–H groups in total. The molecule has 0 radical (unpaired) electrons. The van der Waals surface area contributed by atoms with Crippen molar-refractivity contribution < 1.29 is 13.2 Å². The lowest BCUT2D eigenvalue weighted by Gasteiger charge is -2.32. The molecule has 0 spiro atoms. The SMILES string of the molecule is COc1ccc(NS(=O)(=O)c2cccc3c(Cl)cccc23)c2c1C[C@@H](N(C)C)CC2. The van der Waals surface area contributed by atoms with E-state index >= 15 is 0 Å². The van der Waals surface area contributed by atoms with Crippen LogP contribution in [0.2, 0.25) is 5.02 Å². The molecule has 30 heavy (non-hydrogen) atoms. The molecule has 0 unspecified atom stereocenters. The largest absolute Gasteiger partial charge is 0.496 e. The monoisotopic (exact) mass is 444 g/mol. The molecular formula is C23H25ClN2O3S. The first-order valence-corrected chi connectivity index (χ1v) is 11.7. The Morgan fingerprint density at radius 3 is 2.50 bits per heavy atom. The van der Waals surface area contributed by atoms with Gasteiger partial charge in [0.05, 0.1) is 17.7 Å². The van der Waals surface area contributed by atoms with Crippen molar-refractivity contribution in [3.05, 3.63) is 64.7 Å². The predicted octanol–water partition coefficient (Wildman–Crippen LogP) is 4.72. The molecule has 1 atom stereocenters. The van der Waals surface area contributed by atoms with Crippen LogP contribution in [-0.4, -0.2) is 40.6 Å². The van der Waals surface area contributed by atoms with Crippen LogP contribution in [0.15, 0.2) is 53.4 Å². The van der Waals surface area contributed by atoms with Crippen molar-refractivity contribution in [1.82, 2.24) is 4.90 Å². The summed E-state index contributed by atoms with van der Waals surface area (Å²) < 4.78 is 35.1. The highest BCUT2D eigenvalue weighted by Crippen LogP contribution is 2.37. The summed E-state index contributed by atoms with van der Waals surface area (Å²) >= 11 is 6.27. The molecule has 7 heteroatoms. The van der Waals surface area contributed by atoms with Gasteiger partial charge in [-0.3, -0.25) is 4.72 Å². The van der Waals surface area contributed by atoms with E-state index in [1.807, 2.05) is 12.1 Å². The zero-order chi connectivity index (χ0) is 21.5. The second kappa shape index (κ2) is 8.10. The number of benzene rings is 3. The summed E-state index contributed by atoms with van der Waals surface area (Å²) in [6.45, 7) is 0. The summed E-state index contributed by atoms with van der Waals surface area (Å²) in [5.74, 6) is 0.802.